The Hall–Kier alpha value is -2.28. The van der Waals surface area contributed by atoms with Crippen molar-refractivity contribution in [3.63, 3.8) is 0 Å². The number of fused-ring (bicyclic) bond motifs is 1. The summed E-state index contributed by atoms with van der Waals surface area (Å²) in [6, 6.07) is 3.14. The molecule has 0 radical (unpaired) electrons. The van der Waals surface area contributed by atoms with Crippen LogP contribution in [0, 0.1) is 5.82 Å². The van der Waals surface area contributed by atoms with E-state index in [0.29, 0.717) is 24.0 Å². The maximum absolute atomic E-state index is 13.3. The van der Waals surface area contributed by atoms with Crippen LogP contribution in [0.1, 0.15) is 19.3 Å². The number of anilines is 1. The Kier molecular flexibility index (Phi) is 4.12. The molecular formula is C16H19FN4O2. The van der Waals surface area contributed by atoms with Crippen LogP contribution in [0.2, 0.25) is 0 Å². The zero-order valence-corrected chi connectivity index (χ0v) is 12.9. The highest BCUT2D eigenvalue weighted by atomic mass is 19.1. The Bertz CT molecular complexity index is 739. The molecule has 0 aromatic carbocycles. The fraction of sp³-hybridized carbons (Fsp3) is 0.438. The van der Waals surface area contributed by atoms with Gasteiger partial charge in [-0.15, -0.1) is 0 Å². The van der Waals surface area contributed by atoms with Gasteiger partial charge in [0.25, 0.3) is 0 Å². The minimum atomic E-state index is -1.08. The summed E-state index contributed by atoms with van der Waals surface area (Å²) in [5.41, 5.74) is 0.791. The monoisotopic (exact) mass is 318 g/mol. The Balaban J connectivity index is 1.91. The van der Waals surface area contributed by atoms with E-state index in [2.05, 4.69) is 15.3 Å². The molecule has 0 bridgehead atoms. The summed E-state index contributed by atoms with van der Waals surface area (Å²) in [7, 11) is 1.56. The van der Waals surface area contributed by atoms with E-state index in [1.54, 1.807) is 19.3 Å². The van der Waals surface area contributed by atoms with Gasteiger partial charge in [0.15, 0.2) is 0 Å². The molecule has 0 spiro atoms. The Morgan fingerprint density at radius 2 is 2.35 bits per heavy atom. The van der Waals surface area contributed by atoms with Crippen LogP contribution in [-0.2, 0) is 4.79 Å². The number of β-amino-alcohol motifs (C(OH)–C–C–N with tert-alkyl or cyclic N) is 1. The molecule has 1 unspecified atom stereocenters. The SMILES string of the molecule is CNC(=O)CC1(O)CCCN(c2ccnc3cc(F)cnc23)C1. The van der Waals surface area contributed by atoms with E-state index in [4.69, 9.17) is 0 Å². The standard InChI is InChI=1S/C16H19FN4O2/c1-18-14(22)8-16(23)4-2-6-21(10-16)13-3-5-19-12-7-11(17)9-20-15(12)13/h3,5,7,9,23H,2,4,6,8,10H2,1H3,(H,18,22). The number of rotatable bonds is 3. The van der Waals surface area contributed by atoms with Crippen LogP contribution in [0.25, 0.3) is 11.0 Å². The molecule has 3 heterocycles. The molecule has 2 aromatic rings. The van der Waals surface area contributed by atoms with E-state index in [1.807, 2.05) is 4.90 Å². The highest BCUT2D eigenvalue weighted by molar-refractivity contribution is 5.87. The molecule has 7 heteroatoms. The molecule has 0 saturated carbocycles. The van der Waals surface area contributed by atoms with Crippen LogP contribution >= 0.6 is 0 Å². The lowest BCUT2D eigenvalue weighted by atomic mass is 9.89. The maximum atomic E-state index is 13.3. The lowest BCUT2D eigenvalue weighted by Gasteiger charge is -2.40. The number of nitrogens with one attached hydrogen (secondary N) is 1. The molecule has 2 aromatic heterocycles. The predicted octanol–water partition coefficient (Wildman–Crippen LogP) is 1.24. The fourth-order valence-corrected chi connectivity index (χ4v) is 3.10. The zero-order valence-electron chi connectivity index (χ0n) is 12.9. The third kappa shape index (κ3) is 3.24. The van der Waals surface area contributed by atoms with E-state index in [9.17, 15) is 14.3 Å². The number of piperidine rings is 1. The zero-order chi connectivity index (χ0) is 16.4. The third-order valence-electron chi connectivity index (χ3n) is 4.19. The van der Waals surface area contributed by atoms with Gasteiger partial charge in [-0.25, -0.2) is 9.37 Å². The fourth-order valence-electron chi connectivity index (χ4n) is 3.10. The first kappa shape index (κ1) is 15.6. The Morgan fingerprint density at radius 3 is 3.13 bits per heavy atom. The van der Waals surface area contributed by atoms with Gasteiger partial charge in [-0.3, -0.25) is 9.78 Å². The van der Waals surface area contributed by atoms with Gasteiger partial charge in [-0.05, 0) is 18.9 Å². The first-order chi connectivity index (χ1) is 11.0. The van der Waals surface area contributed by atoms with Crippen molar-refractivity contribution in [2.45, 2.75) is 24.9 Å². The second-order valence-electron chi connectivity index (χ2n) is 5.95. The molecule has 6 nitrogen and oxygen atoms in total. The molecular weight excluding hydrogens is 299 g/mol. The summed E-state index contributed by atoms with van der Waals surface area (Å²) in [4.78, 5) is 21.9. The second-order valence-corrected chi connectivity index (χ2v) is 5.95. The molecule has 1 saturated heterocycles. The molecule has 1 atom stereocenters. The summed E-state index contributed by atoms with van der Waals surface area (Å²) in [6.07, 6.45) is 4.16. The number of hydrogen-bond donors (Lipinski definition) is 2. The van der Waals surface area contributed by atoms with Gasteiger partial charge in [0, 0.05) is 32.4 Å². The van der Waals surface area contributed by atoms with Crippen molar-refractivity contribution in [1.29, 1.82) is 0 Å². The third-order valence-corrected chi connectivity index (χ3v) is 4.19. The topological polar surface area (TPSA) is 78.4 Å². The highest BCUT2D eigenvalue weighted by Crippen LogP contribution is 2.31. The number of carbonyl (C=O) groups excluding carboxylic acids is 1. The molecule has 3 rings (SSSR count). The van der Waals surface area contributed by atoms with Crippen molar-refractivity contribution in [3.8, 4) is 0 Å². The second kappa shape index (κ2) is 6.08. The van der Waals surface area contributed by atoms with Crippen LogP contribution in [0.4, 0.5) is 10.1 Å². The van der Waals surface area contributed by atoms with Crippen molar-refractivity contribution >= 4 is 22.6 Å². The molecule has 0 aliphatic carbocycles. The van der Waals surface area contributed by atoms with Crippen LogP contribution < -0.4 is 10.2 Å². The molecule has 1 amide bonds. The van der Waals surface area contributed by atoms with Crippen molar-refractivity contribution in [2.24, 2.45) is 0 Å². The van der Waals surface area contributed by atoms with E-state index >= 15 is 0 Å². The number of hydrogen-bond acceptors (Lipinski definition) is 5. The lowest BCUT2D eigenvalue weighted by molar-refractivity contribution is -0.125. The summed E-state index contributed by atoms with van der Waals surface area (Å²) in [5.74, 6) is -0.619. The molecule has 1 aliphatic heterocycles. The largest absolute Gasteiger partial charge is 0.388 e. The normalized spacial score (nSPS) is 21.4. The van der Waals surface area contributed by atoms with Gasteiger partial charge in [0.1, 0.15) is 11.3 Å². The summed E-state index contributed by atoms with van der Waals surface area (Å²) in [5, 5.41) is 13.3. The number of carbonyl (C=O) groups is 1. The van der Waals surface area contributed by atoms with Gasteiger partial charge in [-0.1, -0.05) is 0 Å². The number of nitrogens with zero attached hydrogens (tertiary/aromatic N) is 3. The number of pyridine rings is 2. The molecule has 2 N–H and O–H groups in total. The van der Waals surface area contributed by atoms with Gasteiger partial charge in [0.05, 0.1) is 29.4 Å². The Labute approximate surface area is 133 Å². The van der Waals surface area contributed by atoms with Crippen LogP contribution in [-0.4, -0.2) is 46.7 Å². The van der Waals surface area contributed by atoms with Crippen LogP contribution in [0.3, 0.4) is 0 Å². The van der Waals surface area contributed by atoms with Crippen LogP contribution in [0.5, 0.6) is 0 Å². The molecule has 122 valence electrons. The van der Waals surface area contributed by atoms with E-state index < -0.39 is 11.4 Å². The average Bonchev–Trinajstić information content (AvgIpc) is 2.53. The quantitative estimate of drug-likeness (QED) is 0.890. The van der Waals surface area contributed by atoms with E-state index in [1.165, 1.54) is 6.07 Å². The molecule has 1 fully saturated rings. The maximum Gasteiger partial charge on any atom is 0.222 e. The first-order valence-corrected chi connectivity index (χ1v) is 7.59. The van der Waals surface area contributed by atoms with Crippen LogP contribution in [0.15, 0.2) is 24.5 Å². The summed E-state index contributed by atoms with van der Waals surface area (Å²) >= 11 is 0. The van der Waals surface area contributed by atoms with Crippen molar-refractivity contribution in [3.05, 3.63) is 30.3 Å². The number of aliphatic hydroxyl groups is 1. The van der Waals surface area contributed by atoms with Crippen molar-refractivity contribution < 1.29 is 14.3 Å². The molecule has 1 aliphatic rings. The van der Waals surface area contributed by atoms with Gasteiger partial charge in [0.2, 0.25) is 5.91 Å². The summed E-state index contributed by atoms with van der Waals surface area (Å²) in [6.45, 7) is 1.08. The Morgan fingerprint density at radius 1 is 1.52 bits per heavy atom. The average molecular weight is 318 g/mol. The highest BCUT2D eigenvalue weighted by Gasteiger charge is 2.35. The number of amides is 1. The minimum absolute atomic E-state index is 0.0606. The predicted molar refractivity (Wildman–Crippen MR) is 84.6 cm³/mol. The van der Waals surface area contributed by atoms with E-state index in [-0.39, 0.29) is 12.3 Å². The first-order valence-electron chi connectivity index (χ1n) is 7.59. The summed E-state index contributed by atoms with van der Waals surface area (Å²) < 4.78 is 13.3. The van der Waals surface area contributed by atoms with Gasteiger partial charge >= 0.3 is 0 Å². The number of halogens is 1. The van der Waals surface area contributed by atoms with Crippen molar-refractivity contribution in [1.82, 2.24) is 15.3 Å². The van der Waals surface area contributed by atoms with Gasteiger partial charge in [-0.2, -0.15) is 0 Å². The molecule has 23 heavy (non-hydrogen) atoms. The van der Waals surface area contributed by atoms with E-state index in [0.717, 1.165) is 24.8 Å². The lowest BCUT2D eigenvalue weighted by Crippen LogP contribution is -2.50. The smallest absolute Gasteiger partial charge is 0.222 e. The van der Waals surface area contributed by atoms with Gasteiger partial charge < -0.3 is 15.3 Å². The minimum Gasteiger partial charge on any atom is -0.388 e. The van der Waals surface area contributed by atoms with Crippen molar-refractivity contribution in [2.75, 3.05) is 25.0 Å². The number of aromatic nitrogens is 2.